The lowest BCUT2D eigenvalue weighted by Crippen LogP contribution is -2.03. The van der Waals surface area contributed by atoms with E-state index in [1.807, 2.05) is 36.4 Å². The van der Waals surface area contributed by atoms with E-state index in [1.165, 1.54) is 0 Å². The molecular formula is C14H11NO2. The quantitative estimate of drug-likeness (QED) is 0.691. The first-order chi connectivity index (χ1) is 8.18. The van der Waals surface area contributed by atoms with E-state index < -0.39 is 5.97 Å². The largest absolute Gasteiger partial charge is 0.477 e. The molecule has 0 radical (unpaired) electrons. The molecule has 0 unspecified atom stereocenters. The van der Waals surface area contributed by atoms with Gasteiger partial charge in [-0.1, -0.05) is 36.4 Å². The lowest BCUT2D eigenvalue weighted by atomic mass is 10.1. The summed E-state index contributed by atoms with van der Waals surface area (Å²) in [4.78, 5) is 11.1. The summed E-state index contributed by atoms with van der Waals surface area (Å²) in [6.45, 7) is 0. The molecule has 1 aromatic heterocycles. The number of nitrogens with zero attached hydrogens (tertiary/aromatic N) is 1. The van der Waals surface area contributed by atoms with E-state index in [0.717, 1.165) is 21.7 Å². The lowest BCUT2D eigenvalue weighted by Gasteiger charge is -2.03. The Hall–Kier alpha value is -2.29. The lowest BCUT2D eigenvalue weighted by molar-refractivity contribution is 0.0687. The molecule has 1 heterocycles. The van der Waals surface area contributed by atoms with E-state index in [0.29, 0.717) is 5.69 Å². The Morgan fingerprint density at radius 2 is 1.82 bits per heavy atom. The van der Waals surface area contributed by atoms with Crippen LogP contribution in [-0.2, 0) is 7.05 Å². The summed E-state index contributed by atoms with van der Waals surface area (Å²) in [5, 5.41) is 12.3. The zero-order valence-electron chi connectivity index (χ0n) is 9.34. The van der Waals surface area contributed by atoms with Crippen molar-refractivity contribution < 1.29 is 9.90 Å². The molecule has 0 amide bonds. The topological polar surface area (TPSA) is 42.2 Å². The molecule has 3 rings (SSSR count). The molecule has 3 aromatic rings. The molecule has 0 saturated heterocycles. The second-order valence-electron chi connectivity index (χ2n) is 4.12. The van der Waals surface area contributed by atoms with E-state index in [4.69, 9.17) is 5.11 Å². The molecule has 0 saturated carbocycles. The third kappa shape index (κ3) is 1.32. The molecule has 0 aliphatic heterocycles. The molecule has 84 valence electrons. The number of aromatic nitrogens is 1. The van der Waals surface area contributed by atoms with Crippen LogP contribution in [0.1, 0.15) is 10.5 Å². The first-order valence-electron chi connectivity index (χ1n) is 5.39. The standard InChI is InChI=1S/C14H11NO2/c1-15-12(14(16)17)8-10-7-6-9-4-2-3-5-11(9)13(10)15/h2-8H,1H3,(H,16,17). The molecular weight excluding hydrogens is 214 g/mol. The zero-order valence-corrected chi connectivity index (χ0v) is 9.34. The fourth-order valence-corrected chi connectivity index (χ4v) is 2.33. The monoisotopic (exact) mass is 225 g/mol. The number of carboxylic acid groups (broad SMARTS) is 1. The van der Waals surface area contributed by atoms with E-state index >= 15 is 0 Å². The van der Waals surface area contributed by atoms with Crippen molar-refractivity contribution in [3.05, 3.63) is 48.2 Å². The molecule has 3 nitrogen and oxygen atoms in total. The van der Waals surface area contributed by atoms with Crippen molar-refractivity contribution in [1.29, 1.82) is 0 Å². The molecule has 3 heteroatoms. The van der Waals surface area contributed by atoms with Crippen molar-refractivity contribution in [2.24, 2.45) is 7.05 Å². The molecule has 0 aliphatic rings. The maximum absolute atomic E-state index is 11.1. The number of fused-ring (bicyclic) bond motifs is 3. The summed E-state index contributed by atoms with van der Waals surface area (Å²) >= 11 is 0. The van der Waals surface area contributed by atoms with Crippen molar-refractivity contribution in [1.82, 2.24) is 4.57 Å². The highest BCUT2D eigenvalue weighted by Gasteiger charge is 2.13. The van der Waals surface area contributed by atoms with Crippen LogP contribution in [0.25, 0.3) is 21.7 Å². The van der Waals surface area contributed by atoms with E-state index in [9.17, 15) is 4.79 Å². The predicted octanol–water partition coefficient (Wildman–Crippen LogP) is 3.03. The Morgan fingerprint density at radius 3 is 2.59 bits per heavy atom. The van der Waals surface area contributed by atoms with Gasteiger partial charge in [0.25, 0.3) is 0 Å². The van der Waals surface area contributed by atoms with Crippen molar-refractivity contribution >= 4 is 27.6 Å². The molecule has 17 heavy (non-hydrogen) atoms. The SMILES string of the molecule is Cn1c(C(=O)O)cc2ccc3ccccc3c21. The third-order valence-corrected chi connectivity index (χ3v) is 3.14. The fourth-order valence-electron chi connectivity index (χ4n) is 2.33. The van der Waals surface area contributed by atoms with Crippen LogP contribution in [-0.4, -0.2) is 15.6 Å². The summed E-state index contributed by atoms with van der Waals surface area (Å²) in [5.74, 6) is -0.896. The van der Waals surface area contributed by atoms with Gasteiger partial charge in [-0.05, 0) is 11.5 Å². The third-order valence-electron chi connectivity index (χ3n) is 3.14. The van der Waals surface area contributed by atoms with Crippen molar-refractivity contribution in [2.75, 3.05) is 0 Å². The van der Waals surface area contributed by atoms with Crippen LogP contribution in [0.5, 0.6) is 0 Å². The molecule has 1 N–H and O–H groups in total. The van der Waals surface area contributed by atoms with Gasteiger partial charge < -0.3 is 9.67 Å². The van der Waals surface area contributed by atoms with Crippen molar-refractivity contribution in [2.45, 2.75) is 0 Å². The average Bonchev–Trinajstić information content (AvgIpc) is 2.67. The second kappa shape index (κ2) is 3.35. The van der Waals surface area contributed by atoms with Gasteiger partial charge in [0, 0.05) is 17.8 Å². The van der Waals surface area contributed by atoms with Gasteiger partial charge in [-0.15, -0.1) is 0 Å². The van der Waals surface area contributed by atoms with E-state index in [1.54, 1.807) is 17.7 Å². The summed E-state index contributed by atoms with van der Waals surface area (Å²) in [7, 11) is 1.79. The van der Waals surface area contributed by atoms with Crippen LogP contribution in [0.4, 0.5) is 0 Å². The molecule has 0 atom stereocenters. The smallest absolute Gasteiger partial charge is 0.352 e. The summed E-state index contributed by atoms with van der Waals surface area (Å²) in [6, 6.07) is 13.7. The molecule has 0 fully saturated rings. The minimum Gasteiger partial charge on any atom is -0.477 e. The summed E-state index contributed by atoms with van der Waals surface area (Å²) in [5.41, 5.74) is 1.29. The van der Waals surface area contributed by atoms with Crippen LogP contribution < -0.4 is 0 Å². The Bertz CT molecular complexity index is 740. The van der Waals surface area contributed by atoms with Crippen LogP contribution in [0, 0.1) is 0 Å². The van der Waals surface area contributed by atoms with Crippen molar-refractivity contribution in [3.63, 3.8) is 0 Å². The van der Waals surface area contributed by atoms with Crippen LogP contribution in [0.3, 0.4) is 0 Å². The number of carbonyl (C=O) groups is 1. The maximum Gasteiger partial charge on any atom is 0.352 e. The minimum absolute atomic E-state index is 0.316. The number of hydrogen-bond donors (Lipinski definition) is 1. The van der Waals surface area contributed by atoms with Gasteiger partial charge in [0.05, 0.1) is 5.52 Å². The number of benzene rings is 2. The van der Waals surface area contributed by atoms with Crippen LogP contribution in [0.15, 0.2) is 42.5 Å². The Morgan fingerprint density at radius 1 is 1.12 bits per heavy atom. The molecule has 2 aromatic carbocycles. The molecule has 0 bridgehead atoms. The van der Waals surface area contributed by atoms with E-state index in [-0.39, 0.29) is 0 Å². The number of aryl methyl sites for hydroxylation is 1. The average molecular weight is 225 g/mol. The van der Waals surface area contributed by atoms with Crippen LogP contribution >= 0.6 is 0 Å². The van der Waals surface area contributed by atoms with Gasteiger partial charge in [-0.25, -0.2) is 4.79 Å². The highest BCUT2D eigenvalue weighted by atomic mass is 16.4. The zero-order chi connectivity index (χ0) is 12.0. The normalized spacial score (nSPS) is 11.1. The number of hydrogen-bond acceptors (Lipinski definition) is 1. The predicted molar refractivity (Wildman–Crippen MR) is 67.4 cm³/mol. The van der Waals surface area contributed by atoms with Gasteiger partial charge in [0.2, 0.25) is 0 Å². The van der Waals surface area contributed by atoms with E-state index in [2.05, 4.69) is 0 Å². The summed E-state index contributed by atoms with van der Waals surface area (Å²) < 4.78 is 1.74. The fraction of sp³-hybridized carbons (Fsp3) is 0.0714. The first-order valence-corrected chi connectivity index (χ1v) is 5.39. The minimum atomic E-state index is -0.896. The second-order valence-corrected chi connectivity index (χ2v) is 4.12. The Kier molecular flexibility index (Phi) is 1.95. The Labute approximate surface area is 97.9 Å². The molecule has 0 aliphatic carbocycles. The first kappa shape index (κ1) is 9.90. The van der Waals surface area contributed by atoms with Gasteiger partial charge in [-0.3, -0.25) is 0 Å². The van der Waals surface area contributed by atoms with Gasteiger partial charge in [0.1, 0.15) is 5.69 Å². The summed E-state index contributed by atoms with van der Waals surface area (Å²) in [6.07, 6.45) is 0. The molecule has 0 spiro atoms. The highest BCUT2D eigenvalue weighted by Crippen LogP contribution is 2.27. The van der Waals surface area contributed by atoms with Gasteiger partial charge in [-0.2, -0.15) is 0 Å². The van der Waals surface area contributed by atoms with Crippen molar-refractivity contribution in [3.8, 4) is 0 Å². The number of rotatable bonds is 1. The Balaban J connectivity index is 2.53. The van der Waals surface area contributed by atoms with Gasteiger partial charge in [0.15, 0.2) is 0 Å². The maximum atomic E-state index is 11.1. The van der Waals surface area contributed by atoms with Crippen LogP contribution in [0.2, 0.25) is 0 Å². The number of aromatic carboxylic acids is 1. The highest BCUT2D eigenvalue weighted by molar-refractivity contribution is 6.08. The number of carboxylic acids is 1. The van der Waals surface area contributed by atoms with Gasteiger partial charge >= 0.3 is 5.97 Å².